The number of nitrogens with one attached hydrogen (secondary N) is 6. The molecule has 0 aromatic heterocycles. The van der Waals surface area contributed by atoms with Crippen molar-refractivity contribution in [3.63, 3.8) is 0 Å². The van der Waals surface area contributed by atoms with Gasteiger partial charge in [0.25, 0.3) is 6.47 Å². The summed E-state index contributed by atoms with van der Waals surface area (Å²) in [6.45, 7) is 1.96. The number of fused-ring (bicyclic) bond motifs is 14. The Balaban J connectivity index is 1.03. The molecule has 6 amide bonds. The number of Topliss-reactive ketones (excluding diaryl/α,β-unsaturated/α-hetero) is 2. The molecule has 23 atom stereocenters. The topological polar surface area (TPSA) is 627 Å². The van der Waals surface area contributed by atoms with Gasteiger partial charge in [0.15, 0.2) is 40.9 Å². The van der Waals surface area contributed by atoms with Crippen molar-refractivity contribution in [1.82, 2.24) is 31.9 Å². The zero-order chi connectivity index (χ0) is 95.4. The van der Waals surface area contributed by atoms with Crippen LogP contribution in [0.2, 0.25) is 10.0 Å². The number of phenolic OH excluding ortho intramolecular Hbond substituents is 4. The molecule has 3 saturated heterocycles. The number of benzene rings is 7. The van der Waals surface area contributed by atoms with Gasteiger partial charge in [-0.15, -0.1) is 0 Å². The fourth-order valence-electron chi connectivity index (χ4n) is 17.1. The molecule has 16 rings (SSSR count). The summed E-state index contributed by atoms with van der Waals surface area (Å²) in [5, 5.41) is 175. The van der Waals surface area contributed by atoms with Crippen molar-refractivity contribution in [2.24, 2.45) is 11.7 Å². The zero-order valence-electron chi connectivity index (χ0n) is 71.4. The van der Waals surface area contributed by atoms with E-state index in [1.807, 2.05) is 0 Å². The molecule has 22 N–H and O–H groups in total. The van der Waals surface area contributed by atoms with Gasteiger partial charge in [-0.1, -0.05) is 93.4 Å². The highest BCUT2D eigenvalue weighted by Gasteiger charge is 2.52. The van der Waals surface area contributed by atoms with Gasteiger partial charge in [-0.05, 0) is 131 Å². The van der Waals surface area contributed by atoms with E-state index >= 15 is 24.0 Å². The number of hydrogen-bond donors (Lipinski definition) is 21. The minimum absolute atomic E-state index is 0.0584. The number of aliphatic hydroxyl groups is 10. The molecular formula is C91H101Cl2N7O33. The Kier molecular flexibility index (Phi) is 30.7. The van der Waals surface area contributed by atoms with Crippen LogP contribution in [0.25, 0.3) is 11.1 Å². The van der Waals surface area contributed by atoms with Crippen LogP contribution in [0, 0.1) is 5.92 Å². The number of nitrogens with two attached hydrogens (primary N) is 1. The van der Waals surface area contributed by atoms with Gasteiger partial charge in [0.1, 0.15) is 138 Å². The molecule has 7 aromatic carbocycles. The van der Waals surface area contributed by atoms with E-state index in [4.69, 9.17) is 76.3 Å². The summed E-state index contributed by atoms with van der Waals surface area (Å²) in [4.78, 5) is 138. The first-order valence-corrected chi connectivity index (χ1v) is 43.6. The lowest BCUT2D eigenvalue weighted by Crippen LogP contribution is -2.65. The Morgan fingerprint density at radius 3 is 1.77 bits per heavy atom. The second-order valence-corrected chi connectivity index (χ2v) is 34.8. The van der Waals surface area contributed by atoms with Gasteiger partial charge >= 0.3 is 0 Å². The highest BCUT2D eigenvalue weighted by atomic mass is 35.5. The lowest BCUT2D eigenvalue weighted by Gasteiger charge is -2.44. The maximum Gasteiger partial charge on any atom is 0.295 e. The molecule has 9 heterocycles. The Hall–Kier alpha value is -11.6. The number of halogens is 2. The molecule has 0 saturated carbocycles. The second-order valence-electron chi connectivity index (χ2n) is 33.9. The maximum absolute atomic E-state index is 17.2. The molecule has 712 valence electrons. The van der Waals surface area contributed by atoms with Gasteiger partial charge < -0.3 is 156 Å². The summed E-state index contributed by atoms with van der Waals surface area (Å²) >= 11 is 14.8. The molecule has 9 aliphatic heterocycles. The number of ether oxygens (including phenoxy) is 10. The van der Waals surface area contributed by atoms with Gasteiger partial charge in [0.2, 0.25) is 60.0 Å². The van der Waals surface area contributed by atoms with Gasteiger partial charge in [-0.3, -0.25) is 43.2 Å². The molecule has 0 spiro atoms. The highest BCUT2D eigenvalue weighted by Crippen LogP contribution is 2.52. The third-order valence-corrected chi connectivity index (χ3v) is 24.7. The summed E-state index contributed by atoms with van der Waals surface area (Å²) in [5.74, 6) is -19.3. The largest absolute Gasteiger partial charge is 0.508 e. The fraction of sp³-hybridized carbons (Fsp3) is 0.440. The Labute approximate surface area is 768 Å². The fourth-order valence-corrected chi connectivity index (χ4v) is 17.6. The van der Waals surface area contributed by atoms with E-state index < -0.39 is 305 Å². The molecule has 7 aromatic rings. The van der Waals surface area contributed by atoms with Crippen molar-refractivity contribution in [2.75, 3.05) is 19.8 Å². The molecule has 40 nitrogen and oxygen atoms in total. The number of aromatic hydroxyl groups is 4. The minimum Gasteiger partial charge on any atom is -0.508 e. The number of aliphatic hydroxyl groups excluding tert-OH is 10. The zero-order valence-corrected chi connectivity index (χ0v) is 73.0. The molecule has 42 heteroatoms. The van der Waals surface area contributed by atoms with Crippen LogP contribution in [0.3, 0.4) is 0 Å². The summed E-state index contributed by atoms with van der Waals surface area (Å²) in [7, 11) is 0. The Bertz CT molecular complexity index is 5540. The number of unbranched alkanes of at least 4 members (excludes halogenated alkanes) is 4. The lowest BCUT2D eigenvalue weighted by molar-refractivity contribution is -0.284. The lowest BCUT2D eigenvalue weighted by atomic mass is 9.85. The molecule has 17 bridgehead atoms. The SMILES string of the molecule is CC(=O)N[C@H]1[C@H](O[C@@H]2c3ccc(c(Cl)c3)Oc3cc4cc(c3O[C@@H]3O[C@H](CO)[C@@H](O)[C@H](O)[C@H]3NC(=O)CCCCCCCC(C)C)Oc3ccc(cc3Cl)C[C@H]3NC(=O)[C@H](N)c5ccc(O)c(c5)Oc5cc(O)cc(c5)[C@H](CC3=O)C(=O)N[C@H]4C(=O)C[C@H]3C(=O)N[C@@H]2C(=O)N[C@@H](OC=O)c2cc(O)cc(O[C@H]4O[C@H](CO)[C@@H](O)[C@H](O)[C@@H]4O)c2-c2cc3ccc2O)O[C@H](CO)[C@@H](O)[C@@H]1O. The average Bonchev–Trinajstić information content (AvgIpc) is 0.758. The minimum atomic E-state index is -2.46. The van der Waals surface area contributed by atoms with E-state index in [1.54, 1.807) is 0 Å². The van der Waals surface area contributed by atoms with Crippen molar-refractivity contribution >= 4 is 76.7 Å². The van der Waals surface area contributed by atoms with Crippen LogP contribution in [0.1, 0.15) is 154 Å². The van der Waals surface area contributed by atoms with Crippen molar-refractivity contribution in [2.45, 2.75) is 225 Å². The van der Waals surface area contributed by atoms with Gasteiger partial charge in [0.05, 0.1) is 47.7 Å². The number of carbonyl (C=O) groups is 9. The first-order valence-electron chi connectivity index (χ1n) is 42.9. The van der Waals surface area contributed by atoms with Gasteiger partial charge in [-0.25, -0.2) is 0 Å². The molecule has 3 fully saturated rings. The summed E-state index contributed by atoms with van der Waals surface area (Å²) in [6.07, 6.45) is -28.7. The number of hydrogen-bond acceptors (Lipinski definition) is 34. The van der Waals surface area contributed by atoms with Crippen molar-refractivity contribution < 1.29 is 162 Å². The van der Waals surface area contributed by atoms with E-state index in [9.17, 15) is 90.7 Å². The number of carbonyl (C=O) groups excluding carboxylic acids is 9. The van der Waals surface area contributed by atoms with Gasteiger partial charge in [0, 0.05) is 55.0 Å². The molecule has 0 aliphatic carbocycles. The predicted octanol–water partition coefficient (Wildman–Crippen LogP) is 3.23. The molecule has 0 radical (unpaired) electrons. The van der Waals surface area contributed by atoms with Crippen molar-refractivity contribution in [1.29, 1.82) is 0 Å². The van der Waals surface area contributed by atoms with Crippen LogP contribution < -0.4 is 61.3 Å². The predicted molar refractivity (Wildman–Crippen MR) is 460 cm³/mol. The first kappa shape index (κ1) is 97.4. The third kappa shape index (κ3) is 21.6. The molecule has 0 unspecified atom stereocenters. The maximum atomic E-state index is 17.2. The summed E-state index contributed by atoms with van der Waals surface area (Å²) < 4.78 is 63.5. The molecule has 133 heavy (non-hydrogen) atoms. The standard InChI is InChI=1S/C91H101Cl2N7O33/c1-37(2)9-7-5-4-6-8-10-68(112)97-73-79(117)76(114)66(34-102)130-90(73)133-83-63-26-44-27-64(83)127-60-18-14-42(24-53(60)93)82(132-89-72(95-38(3)105)78(116)75(113)65(33-101)129-89)74-87(123)100-88(124-36-104)51-29-46(107)30-62(128-91-81(119)80(118)77(115)67(35-103)131-91)69(51)50-23-40(12-15-55(50)108)48(84(120)99-74)32-58(111)71(44)98-85(121)49-31-57(110)54(20-39-11-17-59(126-63)52(92)19-39)96-86(122)70(94)41-13-16-56(109)61(25-41)125-47-22-43(49)21-45(106)28-47/h11-19,21-30,36-37,48-49,54,65-67,70-82,88-91,101-103,106-109,113-119H,4-10,20,31-35,94H2,1-3H3,(H,95,105)(H,96,122)(H,97,112)(H,98,121)(H,99,120)(H,100,123)/t48-,49+,54-,65-,66-,67-,70-,71-,72-,73-,74+,75-,76-,77-,78-,79-,80+,81+,82-,88+,89+,90+,91+/m1/s1. The average molecular weight is 1890 g/mol. The van der Waals surface area contributed by atoms with E-state index in [1.165, 1.54) is 36.4 Å². The van der Waals surface area contributed by atoms with Crippen molar-refractivity contribution in [3.8, 4) is 80.1 Å². The van der Waals surface area contributed by atoms with Crippen LogP contribution in [0.5, 0.6) is 69.0 Å². The molecule has 9 aliphatic rings. The quantitative estimate of drug-likeness (QED) is 0.0363. The van der Waals surface area contributed by atoms with Gasteiger partial charge in [-0.2, -0.15) is 0 Å². The van der Waals surface area contributed by atoms with Crippen molar-refractivity contribution in [3.05, 3.63) is 164 Å². The first-order chi connectivity index (χ1) is 63.5. The smallest absolute Gasteiger partial charge is 0.295 e. The summed E-state index contributed by atoms with van der Waals surface area (Å²) in [5.41, 5.74) is 3.86. The van der Waals surface area contributed by atoms with E-state index in [0.717, 1.165) is 111 Å². The summed E-state index contributed by atoms with van der Waals surface area (Å²) in [6, 6.07) is 9.77. The monoisotopic (exact) mass is 1890 g/mol. The number of rotatable bonds is 21. The highest BCUT2D eigenvalue weighted by molar-refractivity contribution is 6.32. The normalized spacial score (nSPS) is 28.9. The second kappa shape index (κ2) is 41.9. The molecular weight excluding hydrogens is 1790 g/mol. The van der Waals surface area contributed by atoms with Crippen LogP contribution >= 0.6 is 23.2 Å². The van der Waals surface area contributed by atoms with Crippen LogP contribution in [0.15, 0.2) is 115 Å². The third-order valence-electron chi connectivity index (χ3n) is 24.2. The van der Waals surface area contributed by atoms with E-state index in [0.29, 0.717) is 18.8 Å². The Morgan fingerprint density at radius 1 is 0.526 bits per heavy atom. The Morgan fingerprint density at radius 2 is 1.11 bits per heavy atom. The number of amides is 6. The number of phenols is 4. The van der Waals surface area contributed by atoms with E-state index in [-0.39, 0.29) is 63.0 Å². The van der Waals surface area contributed by atoms with Crippen LogP contribution in [-0.2, 0) is 73.3 Å². The van der Waals surface area contributed by atoms with Crippen LogP contribution in [0.4, 0.5) is 0 Å². The number of ketones is 2. The van der Waals surface area contributed by atoms with Crippen LogP contribution in [-0.4, -0.2) is 249 Å². The van der Waals surface area contributed by atoms with E-state index in [2.05, 4.69) is 45.7 Å².